The zero-order chi connectivity index (χ0) is 11.2. The van der Waals surface area contributed by atoms with Crippen molar-refractivity contribution in [2.24, 2.45) is 5.41 Å². The Labute approximate surface area is 94.7 Å². The first-order chi connectivity index (χ1) is 7.72. The number of hydrogen-bond acceptors (Lipinski definition) is 3. The van der Waals surface area contributed by atoms with E-state index in [9.17, 15) is 0 Å². The Hall–Kier alpha value is -1.58. The molecule has 1 aliphatic rings. The summed E-state index contributed by atoms with van der Waals surface area (Å²) in [4.78, 5) is 14.1. The maximum atomic E-state index is 4.40. The van der Waals surface area contributed by atoms with E-state index in [2.05, 4.69) is 33.7 Å². The van der Waals surface area contributed by atoms with E-state index in [1.165, 1.54) is 6.42 Å². The van der Waals surface area contributed by atoms with Crippen LogP contribution in [0.1, 0.15) is 20.3 Å². The summed E-state index contributed by atoms with van der Waals surface area (Å²) < 4.78 is 0. The molecule has 0 saturated carbocycles. The molecule has 0 aliphatic carbocycles. The Kier molecular flexibility index (Phi) is 1.93. The maximum Gasteiger partial charge on any atom is 0.142 e. The van der Waals surface area contributed by atoms with Crippen molar-refractivity contribution in [2.45, 2.75) is 20.3 Å². The Bertz CT molecular complexity index is 510. The van der Waals surface area contributed by atoms with Gasteiger partial charge in [0.25, 0.3) is 0 Å². The highest BCUT2D eigenvalue weighted by Gasteiger charge is 2.38. The van der Waals surface area contributed by atoms with Crippen LogP contribution in [0, 0.1) is 5.41 Å². The lowest BCUT2D eigenvalue weighted by atomic mass is 9.79. The molecule has 84 valence electrons. The summed E-state index contributed by atoms with van der Waals surface area (Å²) in [7, 11) is 0. The monoisotopic (exact) mass is 216 g/mol. The van der Waals surface area contributed by atoms with Crippen LogP contribution in [0.2, 0.25) is 0 Å². The molecule has 0 unspecified atom stereocenters. The van der Waals surface area contributed by atoms with Crippen molar-refractivity contribution in [3.63, 3.8) is 0 Å². The predicted molar refractivity (Wildman–Crippen MR) is 64.5 cm³/mol. The van der Waals surface area contributed by atoms with E-state index < -0.39 is 0 Å². The number of rotatable bonds is 2. The minimum absolute atomic E-state index is 0.466. The van der Waals surface area contributed by atoms with Crippen LogP contribution in [0.4, 0.5) is 5.82 Å². The normalized spacial score (nSPS) is 18.8. The van der Waals surface area contributed by atoms with Gasteiger partial charge in [0.1, 0.15) is 17.8 Å². The summed E-state index contributed by atoms with van der Waals surface area (Å²) in [5.41, 5.74) is 1.39. The molecule has 0 aromatic carbocycles. The minimum atomic E-state index is 0.466. The molecule has 3 heterocycles. The molecule has 2 aromatic heterocycles. The summed E-state index contributed by atoms with van der Waals surface area (Å²) in [5, 5.41) is 1.13. The van der Waals surface area contributed by atoms with Crippen LogP contribution in [0.5, 0.6) is 0 Å². The highest BCUT2D eigenvalue weighted by atomic mass is 15.3. The lowest BCUT2D eigenvalue weighted by Gasteiger charge is -2.48. The first kappa shape index (κ1) is 9.63. The molecule has 4 nitrogen and oxygen atoms in total. The van der Waals surface area contributed by atoms with Crippen LogP contribution in [0.3, 0.4) is 0 Å². The van der Waals surface area contributed by atoms with E-state index in [1.807, 2.05) is 12.3 Å². The molecular weight excluding hydrogens is 200 g/mol. The highest BCUT2D eigenvalue weighted by Crippen LogP contribution is 2.37. The van der Waals surface area contributed by atoms with Crippen molar-refractivity contribution in [2.75, 3.05) is 18.0 Å². The van der Waals surface area contributed by atoms with E-state index in [-0.39, 0.29) is 0 Å². The molecule has 0 bridgehead atoms. The minimum Gasteiger partial charge on any atom is -0.355 e. The van der Waals surface area contributed by atoms with Crippen molar-refractivity contribution < 1.29 is 0 Å². The van der Waals surface area contributed by atoms with Gasteiger partial charge in [-0.25, -0.2) is 9.97 Å². The summed E-state index contributed by atoms with van der Waals surface area (Å²) in [6.07, 6.45) is 4.78. The summed E-state index contributed by atoms with van der Waals surface area (Å²) in [6, 6.07) is 2.05. The molecule has 0 radical (unpaired) electrons. The first-order valence-electron chi connectivity index (χ1n) is 5.75. The van der Waals surface area contributed by atoms with E-state index in [0.29, 0.717) is 5.41 Å². The summed E-state index contributed by atoms with van der Waals surface area (Å²) in [5.74, 6) is 1.07. The number of H-pyrrole nitrogens is 1. The van der Waals surface area contributed by atoms with E-state index in [4.69, 9.17) is 0 Å². The average Bonchev–Trinajstić information content (AvgIpc) is 2.72. The van der Waals surface area contributed by atoms with Gasteiger partial charge in [-0.1, -0.05) is 13.8 Å². The average molecular weight is 216 g/mol. The summed E-state index contributed by atoms with van der Waals surface area (Å²) >= 11 is 0. The Morgan fingerprint density at radius 3 is 3.00 bits per heavy atom. The van der Waals surface area contributed by atoms with Crippen molar-refractivity contribution in [3.8, 4) is 0 Å². The number of fused-ring (bicyclic) bond motifs is 1. The molecular formula is C12H16N4. The van der Waals surface area contributed by atoms with Crippen LogP contribution in [-0.2, 0) is 0 Å². The Morgan fingerprint density at radius 1 is 1.44 bits per heavy atom. The van der Waals surface area contributed by atoms with Crippen molar-refractivity contribution >= 4 is 16.9 Å². The fraction of sp³-hybridized carbons (Fsp3) is 0.500. The molecule has 2 aromatic rings. The molecule has 1 saturated heterocycles. The fourth-order valence-corrected chi connectivity index (χ4v) is 2.36. The van der Waals surface area contributed by atoms with Gasteiger partial charge in [-0.2, -0.15) is 0 Å². The van der Waals surface area contributed by atoms with Gasteiger partial charge in [0.2, 0.25) is 0 Å². The van der Waals surface area contributed by atoms with Crippen LogP contribution >= 0.6 is 0 Å². The Morgan fingerprint density at radius 2 is 2.25 bits per heavy atom. The number of nitrogens with one attached hydrogen (secondary N) is 1. The molecule has 0 spiro atoms. The lowest BCUT2D eigenvalue weighted by molar-refractivity contribution is 0.233. The molecule has 0 amide bonds. The molecule has 3 rings (SSSR count). The van der Waals surface area contributed by atoms with Crippen LogP contribution in [-0.4, -0.2) is 28.0 Å². The largest absolute Gasteiger partial charge is 0.355 e. The van der Waals surface area contributed by atoms with Gasteiger partial charge < -0.3 is 9.88 Å². The van der Waals surface area contributed by atoms with Gasteiger partial charge in [0.05, 0.1) is 5.39 Å². The van der Waals surface area contributed by atoms with Crippen LogP contribution in [0.15, 0.2) is 18.6 Å². The standard InChI is InChI=1S/C12H16N4/c1-3-12(2)6-16(7-12)11-9-4-5-13-10(9)14-8-15-11/h4-5,8H,3,6-7H2,1-2H3,(H,13,14,15). The van der Waals surface area contributed by atoms with Gasteiger partial charge in [0.15, 0.2) is 0 Å². The lowest BCUT2D eigenvalue weighted by Crippen LogP contribution is -2.54. The first-order valence-corrected chi connectivity index (χ1v) is 5.75. The topological polar surface area (TPSA) is 44.8 Å². The third kappa shape index (κ3) is 1.29. The van der Waals surface area contributed by atoms with E-state index in [1.54, 1.807) is 6.33 Å². The van der Waals surface area contributed by atoms with Gasteiger partial charge in [-0.3, -0.25) is 0 Å². The van der Waals surface area contributed by atoms with E-state index >= 15 is 0 Å². The number of nitrogens with zero attached hydrogens (tertiary/aromatic N) is 3. The van der Waals surface area contributed by atoms with Crippen molar-refractivity contribution in [1.29, 1.82) is 0 Å². The highest BCUT2D eigenvalue weighted by molar-refractivity contribution is 5.87. The molecule has 1 fully saturated rings. The molecule has 1 N–H and O–H groups in total. The van der Waals surface area contributed by atoms with Gasteiger partial charge in [-0.05, 0) is 12.5 Å². The van der Waals surface area contributed by atoms with Gasteiger partial charge in [0, 0.05) is 24.7 Å². The molecule has 4 heteroatoms. The van der Waals surface area contributed by atoms with Crippen LogP contribution < -0.4 is 4.90 Å². The second kappa shape index (κ2) is 3.20. The second-order valence-corrected chi connectivity index (χ2v) is 4.96. The quantitative estimate of drug-likeness (QED) is 0.837. The SMILES string of the molecule is CCC1(C)CN(c2ncnc3[nH]ccc23)C1. The van der Waals surface area contributed by atoms with Crippen molar-refractivity contribution in [3.05, 3.63) is 18.6 Å². The fourth-order valence-electron chi connectivity index (χ4n) is 2.36. The third-order valence-electron chi connectivity index (χ3n) is 3.63. The number of anilines is 1. The number of aromatic amines is 1. The van der Waals surface area contributed by atoms with E-state index in [0.717, 1.165) is 29.9 Å². The number of hydrogen-bond donors (Lipinski definition) is 1. The molecule has 1 aliphatic heterocycles. The summed E-state index contributed by atoms with van der Waals surface area (Å²) in [6.45, 7) is 6.78. The zero-order valence-electron chi connectivity index (χ0n) is 9.70. The molecule has 16 heavy (non-hydrogen) atoms. The maximum absolute atomic E-state index is 4.40. The van der Waals surface area contributed by atoms with Gasteiger partial charge in [-0.15, -0.1) is 0 Å². The second-order valence-electron chi connectivity index (χ2n) is 4.96. The molecule has 0 atom stereocenters. The van der Waals surface area contributed by atoms with Crippen LogP contribution in [0.25, 0.3) is 11.0 Å². The predicted octanol–water partition coefficient (Wildman–Crippen LogP) is 2.19. The third-order valence-corrected chi connectivity index (χ3v) is 3.63. The number of aromatic nitrogens is 3. The zero-order valence-corrected chi connectivity index (χ0v) is 9.70. The van der Waals surface area contributed by atoms with Gasteiger partial charge >= 0.3 is 0 Å². The van der Waals surface area contributed by atoms with Crippen molar-refractivity contribution in [1.82, 2.24) is 15.0 Å². The Balaban J connectivity index is 1.94. The smallest absolute Gasteiger partial charge is 0.142 e.